The monoisotopic (exact) mass is 234 g/mol. The molecule has 1 fully saturated rings. The number of aryl methyl sites for hydroxylation is 1. The third kappa shape index (κ3) is 4.14. The Morgan fingerprint density at radius 2 is 2.12 bits per heavy atom. The Bertz CT molecular complexity index is 325. The van der Waals surface area contributed by atoms with E-state index in [9.17, 15) is 5.11 Å². The standard InChI is InChI=1S/C15H22O2/c1-12-4-6-13(7-5-12)11-14(16)8-9-15-3-2-10-17-15/h4-7,14-16H,2-3,8-11H2,1H3. The van der Waals surface area contributed by atoms with Gasteiger partial charge < -0.3 is 9.84 Å². The fraction of sp³-hybridized carbons (Fsp3) is 0.600. The Kier molecular flexibility index (Phi) is 4.57. The summed E-state index contributed by atoms with van der Waals surface area (Å²) in [6.45, 7) is 2.98. The zero-order valence-electron chi connectivity index (χ0n) is 10.6. The number of rotatable bonds is 5. The van der Waals surface area contributed by atoms with E-state index in [1.807, 2.05) is 0 Å². The van der Waals surface area contributed by atoms with Crippen LogP contribution in [0.2, 0.25) is 0 Å². The molecular formula is C15H22O2. The average molecular weight is 234 g/mol. The first-order valence-electron chi connectivity index (χ1n) is 6.59. The van der Waals surface area contributed by atoms with Gasteiger partial charge in [-0.15, -0.1) is 0 Å². The molecular weight excluding hydrogens is 212 g/mol. The van der Waals surface area contributed by atoms with Gasteiger partial charge in [-0.1, -0.05) is 29.8 Å². The molecule has 1 N–H and O–H groups in total. The molecule has 0 bridgehead atoms. The Hall–Kier alpha value is -0.860. The maximum atomic E-state index is 9.98. The number of aliphatic hydroxyl groups excluding tert-OH is 1. The van der Waals surface area contributed by atoms with Crippen molar-refractivity contribution in [2.75, 3.05) is 6.61 Å². The molecule has 0 saturated carbocycles. The lowest BCUT2D eigenvalue weighted by atomic mass is 10.0. The predicted molar refractivity (Wildman–Crippen MR) is 69.1 cm³/mol. The second-order valence-corrected chi connectivity index (χ2v) is 5.06. The lowest BCUT2D eigenvalue weighted by molar-refractivity contribution is 0.0813. The van der Waals surface area contributed by atoms with E-state index in [0.29, 0.717) is 6.10 Å². The van der Waals surface area contributed by atoms with Crippen LogP contribution in [0.1, 0.15) is 36.8 Å². The fourth-order valence-corrected chi connectivity index (χ4v) is 2.35. The SMILES string of the molecule is Cc1ccc(CC(O)CCC2CCCO2)cc1. The summed E-state index contributed by atoms with van der Waals surface area (Å²) in [6, 6.07) is 8.40. The summed E-state index contributed by atoms with van der Waals surface area (Å²) in [5.41, 5.74) is 2.48. The Morgan fingerprint density at radius 1 is 1.35 bits per heavy atom. The fourth-order valence-electron chi connectivity index (χ4n) is 2.35. The first-order valence-corrected chi connectivity index (χ1v) is 6.59. The topological polar surface area (TPSA) is 29.5 Å². The van der Waals surface area contributed by atoms with Gasteiger partial charge in [0.05, 0.1) is 12.2 Å². The summed E-state index contributed by atoms with van der Waals surface area (Å²) in [5, 5.41) is 9.98. The minimum Gasteiger partial charge on any atom is -0.393 e. The molecule has 0 amide bonds. The van der Waals surface area contributed by atoms with Gasteiger partial charge in [0.1, 0.15) is 0 Å². The molecule has 2 nitrogen and oxygen atoms in total. The summed E-state index contributed by atoms with van der Waals surface area (Å²) >= 11 is 0. The Balaban J connectivity index is 1.72. The highest BCUT2D eigenvalue weighted by Crippen LogP contribution is 2.18. The van der Waals surface area contributed by atoms with E-state index in [4.69, 9.17) is 4.74 Å². The predicted octanol–water partition coefficient (Wildman–Crippen LogP) is 2.86. The van der Waals surface area contributed by atoms with Crippen LogP contribution in [0.3, 0.4) is 0 Å². The first kappa shape index (κ1) is 12.6. The van der Waals surface area contributed by atoms with E-state index in [1.165, 1.54) is 17.5 Å². The number of aliphatic hydroxyl groups is 1. The van der Waals surface area contributed by atoms with Gasteiger partial charge in [-0.05, 0) is 44.6 Å². The lowest BCUT2D eigenvalue weighted by Gasteiger charge is -2.14. The average Bonchev–Trinajstić information content (AvgIpc) is 2.83. The molecule has 2 heteroatoms. The van der Waals surface area contributed by atoms with Crippen LogP contribution in [0.4, 0.5) is 0 Å². The molecule has 2 unspecified atom stereocenters. The molecule has 0 radical (unpaired) electrons. The largest absolute Gasteiger partial charge is 0.393 e. The summed E-state index contributed by atoms with van der Waals surface area (Å²) in [7, 11) is 0. The Labute approximate surface area is 104 Å². The number of hydrogen-bond donors (Lipinski definition) is 1. The number of benzene rings is 1. The molecule has 2 atom stereocenters. The molecule has 2 rings (SSSR count). The molecule has 1 saturated heterocycles. The van der Waals surface area contributed by atoms with E-state index in [-0.39, 0.29) is 6.10 Å². The smallest absolute Gasteiger partial charge is 0.0581 e. The summed E-state index contributed by atoms with van der Waals surface area (Å²) in [5.74, 6) is 0. The molecule has 94 valence electrons. The van der Waals surface area contributed by atoms with E-state index in [2.05, 4.69) is 31.2 Å². The second-order valence-electron chi connectivity index (χ2n) is 5.06. The van der Waals surface area contributed by atoms with E-state index in [0.717, 1.165) is 32.3 Å². The highest BCUT2D eigenvalue weighted by Gasteiger charge is 2.16. The Morgan fingerprint density at radius 3 is 2.76 bits per heavy atom. The van der Waals surface area contributed by atoms with Crippen LogP contribution in [0.15, 0.2) is 24.3 Å². The summed E-state index contributed by atoms with van der Waals surface area (Å²) in [6.07, 6.45) is 5.10. The highest BCUT2D eigenvalue weighted by molar-refractivity contribution is 5.21. The maximum Gasteiger partial charge on any atom is 0.0581 e. The third-order valence-corrected chi connectivity index (χ3v) is 3.44. The van der Waals surface area contributed by atoms with Crippen LogP contribution < -0.4 is 0 Å². The normalized spacial score (nSPS) is 21.6. The van der Waals surface area contributed by atoms with Crippen molar-refractivity contribution in [3.05, 3.63) is 35.4 Å². The van der Waals surface area contributed by atoms with Gasteiger partial charge in [0.15, 0.2) is 0 Å². The zero-order valence-corrected chi connectivity index (χ0v) is 10.6. The van der Waals surface area contributed by atoms with Crippen molar-refractivity contribution in [3.8, 4) is 0 Å². The zero-order chi connectivity index (χ0) is 12.1. The molecule has 1 heterocycles. The van der Waals surface area contributed by atoms with Crippen LogP contribution in [0, 0.1) is 6.92 Å². The van der Waals surface area contributed by atoms with Crippen LogP contribution in [-0.2, 0) is 11.2 Å². The van der Waals surface area contributed by atoms with Crippen molar-refractivity contribution in [2.45, 2.75) is 51.2 Å². The molecule has 0 aliphatic carbocycles. The van der Waals surface area contributed by atoms with Gasteiger partial charge in [0, 0.05) is 6.61 Å². The van der Waals surface area contributed by atoms with E-state index in [1.54, 1.807) is 0 Å². The quantitative estimate of drug-likeness (QED) is 0.849. The van der Waals surface area contributed by atoms with Crippen molar-refractivity contribution in [3.63, 3.8) is 0 Å². The van der Waals surface area contributed by atoms with Crippen molar-refractivity contribution in [1.82, 2.24) is 0 Å². The molecule has 1 aliphatic rings. The second kappa shape index (κ2) is 6.18. The molecule has 0 aromatic heterocycles. The van der Waals surface area contributed by atoms with Gasteiger partial charge in [0.25, 0.3) is 0 Å². The molecule has 1 aromatic carbocycles. The summed E-state index contributed by atoms with van der Waals surface area (Å²) < 4.78 is 5.56. The van der Waals surface area contributed by atoms with Crippen LogP contribution in [-0.4, -0.2) is 23.9 Å². The minimum absolute atomic E-state index is 0.234. The maximum absolute atomic E-state index is 9.98. The van der Waals surface area contributed by atoms with Crippen molar-refractivity contribution < 1.29 is 9.84 Å². The van der Waals surface area contributed by atoms with Gasteiger partial charge in [-0.3, -0.25) is 0 Å². The number of ether oxygens (including phenoxy) is 1. The molecule has 17 heavy (non-hydrogen) atoms. The first-order chi connectivity index (χ1) is 8.24. The van der Waals surface area contributed by atoms with Crippen LogP contribution in [0.5, 0.6) is 0 Å². The summed E-state index contributed by atoms with van der Waals surface area (Å²) in [4.78, 5) is 0. The van der Waals surface area contributed by atoms with Gasteiger partial charge >= 0.3 is 0 Å². The van der Waals surface area contributed by atoms with Gasteiger partial charge in [0.2, 0.25) is 0 Å². The van der Waals surface area contributed by atoms with Crippen LogP contribution in [0.25, 0.3) is 0 Å². The molecule has 1 aromatic rings. The third-order valence-electron chi connectivity index (χ3n) is 3.44. The highest BCUT2D eigenvalue weighted by atomic mass is 16.5. The van der Waals surface area contributed by atoms with Gasteiger partial charge in [-0.25, -0.2) is 0 Å². The lowest BCUT2D eigenvalue weighted by Crippen LogP contribution is -2.14. The van der Waals surface area contributed by atoms with Crippen molar-refractivity contribution in [1.29, 1.82) is 0 Å². The van der Waals surface area contributed by atoms with Crippen LogP contribution >= 0.6 is 0 Å². The van der Waals surface area contributed by atoms with Crippen molar-refractivity contribution in [2.24, 2.45) is 0 Å². The number of hydrogen-bond acceptors (Lipinski definition) is 2. The van der Waals surface area contributed by atoms with Gasteiger partial charge in [-0.2, -0.15) is 0 Å². The van der Waals surface area contributed by atoms with Crippen molar-refractivity contribution >= 4 is 0 Å². The van der Waals surface area contributed by atoms with E-state index < -0.39 is 0 Å². The molecule has 0 spiro atoms. The minimum atomic E-state index is -0.234. The molecule has 1 aliphatic heterocycles. The van der Waals surface area contributed by atoms with E-state index >= 15 is 0 Å².